The third kappa shape index (κ3) is 5.72. The Morgan fingerprint density at radius 3 is 2.44 bits per heavy atom. The second kappa shape index (κ2) is 7.14. The number of aliphatic hydroxyl groups is 1. The standard InChI is InChI=1S/C11H23NO3S/c1-11(2,3)10(12)8(7-13)16-6-5-9(14)15-4/h8,10,13H,5-7,12H2,1-4H3. The fraction of sp³-hybridized carbons (Fsp3) is 0.909. The zero-order valence-electron chi connectivity index (χ0n) is 10.5. The van der Waals surface area contributed by atoms with E-state index in [0.29, 0.717) is 12.2 Å². The number of ether oxygens (including phenoxy) is 1. The summed E-state index contributed by atoms with van der Waals surface area (Å²) in [5, 5.41) is 9.23. The quantitative estimate of drug-likeness (QED) is 0.688. The summed E-state index contributed by atoms with van der Waals surface area (Å²) in [7, 11) is 1.37. The van der Waals surface area contributed by atoms with Gasteiger partial charge < -0.3 is 15.6 Å². The largest absolute Gasteiger partial charge is 0.469 e. The van der Waals surface area contributed by atoms with Crippen LogP contribution in [0, 0.1) is 5.41 Å². The van der Waals surface area contributed by atoms with Gasteiger partial charge in [-0.1, -0.05) is 20.8 Å². The van der Waals surface area contributed by atoms with Crippen molar-refractivity contribution in [2.75, 3.05) is 19.5 Å². The van der Waals surface area contributed by atoms with Crippen LogP contribution in [-0.2, 0) is 9.53 Å². The second-order valence-electron chi connectivity index (χ2n) is 4.81. The molecule has 3 N–H and O–H groups in total. The number of rotatable bonds is 6. The molecule has 0 radical (unpaired) electrons. The Hall–Kier alpha value is -0.260. The minimum atomic E-state index is -0.228. The number of nitrogens with two attached hydrogens (primary N) is 1. The van der Waals surface area contributed by atoms with Gasteiger partial charge in [-0.15, -0.1) is 0 Å². The zero-order chi connectivity index (χ0) is 12.8. The van der Waals surface area contributed by atoms with Gasteiger partial charge in [0.05, 0.1) is 20.1 Å². The minimum Gasteiger partial charge on any atom is -0.469 e. The SMILES string of the molecule is COC(=O)CCSC(CO)C(N)C(C)(C)C. The van der Waals surface area contributed by atoms with Crippen molar-refractivity contribution in [2.24, 2.45) is 11.1 Å². The molecule has 2 atom stereocenters. The van der Waals surface area contributed by atoms with Gasteiger partial charge in [-0.25, -0.2) is 0 Å². The molecule has 0 aromatic carbocycles. The van der Waals surface area contributed by atoms with Crippen LogP contribution in [0.5, 0.6) is 0 Å². The number of thioether (sulfide) groups is 1. The van der Waals surface area contributed by atoms with Crippen LogP contribution in [0.2, 0.25) is 0 Å². The molecule has 0 aromatic rings. The Kier molecular flexibility index (Phi) is 7.03. The lowest BCUT2D eigenvalue weighted by Crippen LogP contribution is -2.45. The summed E-state index contributed by atoms with van der Waals surface area (Å²) in [6.45, 7) is 6.16. The molecule has 0 aliphatic rings. The molecule has 0 saturated carbocycles. The first kappa shape index (κ1) is 15.7. The van der Waals surface area contributed by atoms with Gasteiger partial charge in [0.25, 0.3) is 0 Å². The first-order valence-electron chi connectivity index (χ1n) is 5.37. The van der Waals surface area contributed by atoms with E-state index >= 15 is 0 Å². The molecular formula is C11H23NO3S. The molecular weight excluding hydrogens is 226 g/mol. The molecule has 0 bridgehead atoms. The van der Waals surface area contributed by atoms with Gasteiger partial charge in [-0.2, -0.15) is 11.8 Å². The summed E-state index contributed by atoms with van der Waals surface area (Å²) in [6, 6.07) is -0.0971. The lowest BCUT2D eigenvalue weighted by atomic mass is 9.85. The minimum absolute atomic E-state index is 0.0320. The van der Waals surface area contributed by atoms with Crippen molar-refractivity contribution < 1.29 is 14.6 Å². The molecule has 5 heteroatoms. The smallest absolute Gasteiger partial charge is 0.306 e. The maximum atomic E-state index is 10.9. The highest BCUT2D eigenvalue weighted by Gasteiger charge is 2.28. The highest BCUT2D eigenvalue weighted by atomic mass is 32.2. The van der Waals surface area contributed by atoms with E-state index in [-0.39, 0.29) is 29.3 Å². The topological polar surface area (TPSA) is 72.5 Å². The first-order chi connectivity index (χ1) is 7.32. The molecule has 16 heavy (non-hydrogen) atoms. The monoisotopic (exact) mass is 249 g/mol. The summed E-state index contributed by atoms with van der Waals surface area (Å²) in [5.74, 6) is 0.398. The number of esters is 1. The Bertz CT molecular complexity index is 216. The summed E-state index contributed by atoms with van der Waals surface area (Å²) < 4.78 is 4.55. The summed E-state index contributed by atoms with van der Waals surface area (Å²) in [5.41, 5.74) is 6.01. The Labute approximate surface area is 102 Å². The van der Waals surface area contributed by atoms with Gasteiger partial charge in [0.2, 0.25) is 0 Å². The normalized spacial score (nSPS) is 15.6. The Morgan fingerprint density at radius 2 is 2.06 bits per heavy atom. The van der Waals surface area contributed by atoms with Gasteiger partial charge in [-0.3, -0.25) is 4.79 Å². The fourth-order valence-corrected chi connectivity index (χ4v) is 2.53. The van der Waals surface area contributed by atoms with Crippen molar-refractivity contribution in [2.45, 2.75) is 38.5 Å². The Balaban J connectivity index is 4.06. The van der Waals surface area contributed by atoms with Gasteiger partial charge in [-0.05, 0) is 5.41 Å². The fourth-order valence-electron chi connectivity index (χ4n) is 1.22. The summed E-state index contributed by atoms with van der Waals surface area (Å²) >= 11 is 1.52. The molecule has 0 fully saturated rings. The van der Waals surface area contributed by atoms with Crippen molar-refractivity contribution in [3.05, 3.63) is 0 Å². The second-order valence-corrected chi connectivity index (χ2v) is 6.16. The molecule has 0 spiro atoms. The lowest BCUT2D eigenvalue weighted by molar-refractivity contribution is -0.140. The lowest BCUT2D eigenvalue weighted by Gasteiger charge is -2.32. The third-order valence-electron chi connectivity index (χ3n) is 2.45. The van der Waals surface area contributed by atoms with Crippen LogP contribution in [0.3, 0.4) is 0 Å². The average molecular weight is 249 g/mol. The predicted octanol–water partition coefficient (Wildman–Crippen LogP) is 1.02. The molecule has 0 rings (SSSR count). The molecule has 0 aliphatic carbocycles. The molecule has 0 aliphatic heterocycles. The summed E-state index contributed by atoms with van der Waals surface area (Å²) in [6.07, 6.45) is 0.356. The number of hydrogen-bond acceptors (Lipinski definition) is 5. The van der Waals surface area contributed by atoms with Gasteiger partial charge in [0.1, 0.15) is 0 Å². The van der Waals surface area contributed by atoms with Crippen LogP contribution in [-0.4, -0.2) is 41.8 Å². The number of carbonyl (C=O) groups excluding carboxylic acids is 1. The molecule has 96 valence electrons. The highest BCUT2D eigenvalue weighted by Crippen LogP contribution is 2.27. The van der Waals surface area contributed by atoms with Crippen molar-refractivity contribution >= 4 is 17.7 Å². The van der Waals surface area contributed by atoms with Crippen LogP contribution >= 0.6 is 11.8 Å². The maximum Gasteiger partial charge on any atom is 0.306 e. The van der Waals surface area contributed by atoms with Crippen LogP contribution in [0.25, 0.3) is 0 Å². The van der Waals surface area contributed by atoms with E-state index in [2.05, 4.69) is 4.74 Å². The predicted molar refractivity (Wildman–Crippen MR) is 67.4 cm³/mol. The van der Waals surface area contributed by atoms with Crippen molar-refractivity contribution in [1.82, 2.24) is 0 Å². The molecule has 0 aromatic heterocycles. The van der Waals surface area contributed by atoms with Crippen LogP contribution < -0.4 is 5.73 Å². The number of carbonyl (C=O) groups is 1. The van der Waals surface area contributed by atoms with Crippen LogP contribution in [0.15, 0.2) is 0 Å². The maximum absolute atomic E-state index is 10.9. The van der Waals surface area contributed by atoms with E-state index in [1.165, 1.54) is 18.9 Å². The van der Waals surface area contributed by atoms with Gasteiger partial charge in [0.15, 0.2) is 0 Å². The molecule has 2 unspecified atom stereocenters. The number of methoxy groups -OCH3 is 1. The van der Waals surface area contributed by atoms with E-state index in [1.807, 2.05) is 20.8 Å². The van der Waals surface area contributed by atoms with Crippen molar-refractivity contribution in [1.29, 1.82) is 0 Å². The zero-order valence-corrected chi connectivity index (χ0v) is 11.3. The average Bonchev–Trinajstić information content (AvgIpc) is 2.21. The first-order valence-corrected chi connectivity index (χ1v) is 6.42. The summed E-state index contributed by atoms with van der Waals surface area (Å²) in [4.78, 5) is 10.9. The third-order valence-corrected chi connectivity index (χ3v) is 3.76. The van der Waals surface area contributed by atoms with E-state index in [9.17, 15) is 9.90 Å². The van der Waals surface area contributed by atoms with Gasteiger partial charge in [0, 0.05) is 17.0 Å². The number of hydrogen-bond donors (Lipinski definition) is 2. The van der Waals surface area contributed by atoms with E-state index in [0.717, 1.165) is 0 Å². The van der Waals surface area contributed by atoms with Crippen LogP contribution in [0.1, 0.15) is 27.2 Å². The van der Waals surface area contributed by atoms with E-state index in [1.54, 1.807) is 0 Å². The molecule has 0 amide bonds. The van der Waals surface area contributed by atoms with E-state index in [4.69, 9.17) is 5.73 Å². The van der Waals surface area contributed by atoms with Crippen molar-refractivity contribution in [3.63, 3.8) is 0 Å². The molecule has 4 nitrogen and oxygen atoms in total. The van der Waals surface area contributed by atoms with Crippen molar-refractivity contribution in [3.8, 4) is 0 Å². The van der Waals surface area contributed by atoms with E-state index < -0.39 is 0 Å². The Morgan fingerprint density at radius 1 is 1.50 bits per heavy atom. The number of aliphatic hydroxyl groups excluding tert-OH is 1. The van der Waals surface area contributed by atoms with Gasteiger partial charge >= 0.3 is 5.97 Å². The van der Waals surface area contributed by atoms with Crippen LogP contribution in [0.4, 0.5) is 0 Å². The highest BCUT2D eigenvalue weighted by molar-refractivity contribution is 8.00. The molecule has 0 heterocycles. The molecule has 0 saturated heterocycles.